The third kappa shape index (κ3) is 4.49. The van der Waals surface area contributed by atoms with Crippen LogP contribution in [0.4, 0.5) is 4.79 Å². The number of benzene rings is 1. The summed E-state index contributed by atoms with van der Waals surface area (Å²) in [7, 11) is 0. The van der Waals surface area contributed by atoms with Crippen LogP contribution in [-0.2, 0) is 11.3 Å². The number of likely N-dealkylation sites (tertiary alicyclic amines) is 1. The number of rotatable bonds is 4. The number of hydrogen-bond donors (Lipinski definition) is 1. The standard InChI is InChI=1S/C22H32N4O2/c27-21-20(11-6-12-26(21)17-18-7-2-1-3-8-18)23-22(28)25-15-13-24(14-16-25)19-9-4-5-10-19/h1-3,7-8,19-20H,4-6,9-17H2,(H,23,28). The fourth-order valence-electron chi connectivity index (χ4n) is 4.83. The zero-order valence-corrected chi connectivity index (χ0v) is 16.7. The Morgan fingerprint density at radius 1 is 0.929 bits per heavy atom. The van der Waals surface area contributed by atoms with E-state index in [1.807, 2.05) is 40.1 Å². The zero-order chi connectivity index (χ0) is 19.3. The molecule has 1 aromatic rings. The normalized spacial score (nSPS) is 24.6. The summed E-state index contributed by atoms with van der Waals surface area (Å²) in [5.74, 6) is 0.0491. The molecule has 4 rings (SSSR count). The smallest absolute Gasteiger partial charge is 0.318 e. The topological polar surface area (TPSA) is 55.9 Å². The van der Waals surface area contributed by atoms with Crippen LogP contribution in [0.3, 0.4) is 0 Å². The van der Waals surface area contributed by atoms with Crippen molar-refractivity contribution in [2.75, 3.05) is 32.7 Å². The van der Waals surface area contributed by atoms with Crippen molar-refractivity contribution in [2.45, 2.75) is 57.2 Å². The number of piperazine rings is 1. The molecule has 1 atom stereocenters. The molecular weight excluding hydrogens is 352 g/mol. The molecule has 3 amide bonds. The molecule has 6 heteroatoms. The predicted molar refractivity (Wildman–Crippen MR) is 109 cm³/mol. The summed E-state index contributed by atoms with van der Waals surface area (Å²) in [6.45, 7) is 4.81. The summed E-state index contributed by atoms with van der Waals surface area (Å²) in [6, 6.07) is 10.3. The van der Waals surface area contributed by atoms with Crippen molar-refractivity contribution in [2.24, 2.45) is 0 Å². The molecule has 0 radical (unpaired) electrons. The fraction of sp³-hybridized carbons (Fsp3) is 0.636. The van der Waals surface area contributed by atoms with Crippen molar-refractivity contribution in [1.29, 1.82) is 0 Å². The van der Waals surface area contributed by atoms with Gasteiger partial charge in [-0.1, -0.05) is 43.2 Å². The highest BCUT2D eigenvalue weighted by Crippen LogP contribution is 2.24. The Labute approximate surface area is 167 Å². The zero-order valence-electron chi connectivity index (χ0n) is 16.7. The van der Waals surface area contributed by atoms with Gasteiger partial charge in [0.2, 0.25) is 5.91 Å². The van der Waals surface area contributed by atoms with E-state index in [1.165, 1.54) is 25.7 Å². The largest absolute Gasteiger partial charge is 0.337 e. The van der Waals surface area contributed by atoms with E-state index < -0.39 is 6.04 Å². The van der Waals surface area contributed by atoms with Crippen LogP contribution in [0.2, 0.25) is 0 Å². The van der Waals surface area contributed by atoms with Crippen LogP contribution in [0.1, 0.15) is 44.1 Å². The molecule has 0 bridgehead atoms. The van der Waals surface area contributed by atoms with Crippen LogP contribution in [0.25, 0.3) is 0 Å². The molecule has 152 valence electrons. The van der Waals surface area contributed by atoms with E-state index in [4.69, 9.17) is 0 Å². The molecule has 3 aliphatic rings. The van der Waals surface area contributed by atoms with Crippen LogP contribution < -0.4 is 5.32 Å². The molecule has 6 nitrogen and oxygen atoms in total. The molecule has 3 fully saturated rings. The summed E-state index contributed by atoms with van der Waals surface area (Å²) >= 11 is 0. The Hall–Kier alpha value is -2.08. The number of nitrogens with zero attached hydrogens (tertiary/aromatic N) is 3. The lowest BCUT2D eigenvalue weighted by Crippen LogP contribution is -2.58. The first-order valence-corrected chi connectivity index (χ1v) is 10.8. The molecule has 2 aliphatic heterocycles. The molecule has 28 heavy (non-hydrogen) atoms. The summed E-state index contributed by atoms with van der Waals surface area (Å²) in [4.78, 5) is 31.9. The lowest BCUT2D eigenvalue weighted by Gasteiger charge is -2.39. The van der Waals surface area contributed by atoms with E-state index >= 15 is 0 Å². The molecule has 2 heterocycles. The van der Waals surface area contributed by atoms with Gasteiger partial charge in [0, 0.05) is 45.3 Å². The Morgan fingerprint density at radius 3 is 2.36 bits per heavy atom. The Balaban J connectivity index is 1.27. The Morgan fingerprint density at radius 2 is 1.64 bits per heavy atom. The lowest BCUT2D eigenvalue weighted by atomic mass is 10.0. The minimum Gasteiger partial charge on any atom is -0.337 e. The predicted octanol–water partition coefficient (Wildman–Crippen LogP) is 2.45. The molecule has 1 aliphatic carbocycles. The van der Waals surface area contributed by atoms with Gasteiger partial charge in [0.1, 0.15) is 6.04 Å². The van der Waals surface area contributed by atoms with Crippen LogP contribution >= 0.6 is 0 Å². The van der Waals surface area contributed by atoms with Gasteiger partial charge in [-0.15, -0.1) is 0 Å². The average molecular weight is 385 g/mol. The third-order valence-corrected chi connectivity index (χ3v) is 6.49. The van der Waals surface area contributed by atoms with E-state index in [9.17, 15) is 9.59 Å². The first kappa shape index (κ1) is 19.2. The lowest BCUT2D eigenvalue weighted by molar-refractivity contribution is -0.136. The van der Waals surface area contributed by atoms with Crippen molar-refractivity contribution >= 4 is 11.9 Å². The molecule has 1 saturated carbocycles. The average Bonchev–Trinajstić information content (AvgIpc) is 3.27. The van der Waals surface area contributed by atoms with Gasteiger partial charge in [-0.05, 0) is 31.2 Å². The Bertz CT molecular complexity index is 666. The highest BCUT2D eigenvalue weighted by Gasteiger charge is 2.33. The molecule has 1 unspecified atom stereocenters. The van der Waals surface area contributed by atoms with Crippen LogP contribution in [0.5, 0.6) is 0 Å². The maximum atomic E-state index is 12.9. The fourth-order valence-corrected chi connectivity index (χ4v) is 4.83. The van der Waals surface area contributed by atoms with Gasteiger partial charge in [-0.3, -0.25) is 9.69 Å². The maximum Gasteiger partial charge on any atom is 0.318 e. The summed E-state index contributed by atoms with van der Waals surface area (Å²) < 4.78 is 0. The Kier molecular flexibility index (Phi) is 6.15. The second kappa shape index (κ2) is 8.95. The number of carbonyl (C=O) groups is 2. The highest BCUT2D eigenvalue weighted by atomic mass is 16.2. The summed E-state index contributed by atoms with van der Waals surface area (Å²) in [5.41, 5.74) is 1.13. The van der Waals surface area contributed by atoms with Crippen LogP contribution in [0.15, 0.2) is 30.3 Å². The minimum atomic E-state index is -0.391. The van der Waals surface area contributed by atoms with Crippen LogP contribution in [0, 0.1) is 0 Å². The molecule has 0 spiro atoms. The van der Waals surface area contributed by atoms with E-state index in [2.05, 4.69) is 10.2 Å². The van der Waals surface area contributed by atoms with E-state index in [0.29, 0.717) is 6.54 Å². The van der Waals surface area contributed by atoms with Gasteiger partial charge in [0.15, 0.2) is 0 Å². The molecule has 0 aromatic heterocycles. The number of urea groups is 1. The van der Waals surface area contributed by atoms with Crippen LogP contribution in [-0.4, -0.2) is 71.4 Å². The molecule has 1 N–H and O–H groups in total. The first-order chi connectivity index (χ1) is 13.7. The second-order valence-corrected chi connectivity index (χ2v) is 8.35. The number of carbonyl (C=O) groups excluding carboxylic acids is 2. The highest BCUT2D eigenvalue weighted by molar-refractivity contribution is 5.87. The monoisotopic (exact) mass is 384 g/mol. The third-order valence-electron chi connectivity index (χ3n) is 6.49. The van der Waals surface area contributed by atoms with E-state index in [-0.39, 0.29) is 11.9 Å². The molecule has 2 saturated heterocycles. The number of nitrogens with one attached hydrogen (secondary N) is 1. The van der Waals surface area contributed by atoms with Gasteiger partial charge >= 0.3 is 6.03 Å². The number of piperidine rings is 1. The van der Waals surface area contributed by atoms with Gasteiger partial charge in [-0.2, -0.15) is 0 Å². The number of hydrogen-bond acceptors (Lipinski definition) is 3. The van der Waals surface area contributed by atoms with E-state index in [1.54, 1.807) is 0 Å². The van der Waals surface area contributed by atoms with Crippen molar-refractivity contribution in [3.63, 3.8) is 0 Å². The van der Waals surface area contributed by atoms with Crippen molar-refractivity contribution < 1.29 is 9.59 Å². The maximum absolute atomic E-state index is 12.9. The second-order valence-electron chi connectivity index (χ2n) is 8.35. The molecule has 1 aromatic carbocycles. The van der Waals surface area contributed by atoms with Gasteiger partial charge in [0.05, 0.1) is 0 Å². The summed E-state index contributed by atoms with van der Waals surface area (Å²) in [5, 5.41) is 3.02. The van der Waals surface area contributed by atoms with Gasteiger partial charge < -0.3 is 15.1 Å². The van der Waals surface area contributed by atoms with Crippen molar-refractivity contribution in [1.82, 2.24) is 20.0 Å². The summed E-state index contributed by atoms with van der Waals surface area (Å²) in [6.07, 6.45) is 6.96. The molecular formula is C22H32N4O2. The van der Waals surface area contributed by atoms with Crippen molar-refractivity contribution in [3.05, 3.63) is 35.9 Å². The SMILES string of the molecule is O=C(NC1CCCN(Cc2ccccc2)C1=O)N1CCN(C2CCCC2)CC1. The number of amides is 3. The minimum absolute atomic E-state index is 0.0491. The van der Waals surface area contributed by atoms with Gasteiger partial charge in [-0.25, -0.2) is 4.79 Å². The van der Waals surface area contributed by atoms with Crippen molar-refractivity contribution in [3.8, 4) is 0 Å². The quantitative estimate of drug-likeness (QED) is 0.868. The van der Waals surface area contributed by atoms with E-state index in [0.717, 1.165) is 57.2 Å². The van der Waals surface area contributed by atoms with Gasteiger partial charge in [0.25, 0.3) is 0 Å². The first-order valence-electron chi connectivity index (χ1n) is 10.8.